The van der Waals surface area contributed by atoms with E-state index in [9.17, 15) is 18.4 Å². The molecule has 10 nitrogen and oxygen atoms in total. The Balaban J connectivity index is 0.00000480. The Morgan fingerprint density at radius 3 is 2.61 bits per heavy atom. The number of oxime groups is 1. The lowest BCUT2D eigenvalue weighted by molar-refractivity contribution is -0.122. The van der Waals surface area contributed by atoms with Crippen LogP contribution in [-0.4, -0.2) is 41.1 Å². The van der Waals surface area contributed by atoms with Crippen LogP contribution in [0.15, 0.2) is 46.5 Å². The van der Waals surface area contributed by atoms with Crippen LogP contribution < -0.4 is 27.7 Å². The van der Waals surface area contributed by atoms with Crippen molar-refractivity contribution in [3.05, 3.63) is 58.1 Å². The molecule has 1 amide bonds. The van der Waals surface area contributed by atoms with Crippen LogP contribution in [0.3, 0.4) is 0 Å². The van der Waals surface area contributed by atoms with E-state index in [1.165, 1.54) is 30.5 Å². The minimum atomic E-state index is -3.21. The Kier molecular flexibility index (Phi) is 9.67. The van der Waals surface area contributed by atoms with Crippen LogP contribution >= 0.6 is 12.4 Å². The SMILES string of the molecule is Cc1cnc(NCC(F)(F)c2ccccc2)c(=O)n1CC(=O)NCCON=C(N)N.Cl. The Bertz CT molecular complexity index is 951. The second-order valence-corrected chi connectivity index (χ2v) is 6.26. The molecule has 0 saturated heterocycles. The van der Waals surface area contributed by atoms with Gasteiger partial charge < -0.3 is 26.9 Å². The maximum Gasteiger partial charge on any atom is 0.293 e. The first-order chi connectivity index (χ1) is 14.2. The van der Waals surface area contributed by atoms with Crippen molar-refractivity contribution < 1.29 is 18.4 Å². The average molecular weight is 460 g/mol. The van der Waals surface area contributed by atoms with Gasteiger partial charge in [0.2, 0.25) is 11.9 Å². The van der Waals surface area contributed by atoms with Crippen LogP contribution in [0.1, 0.15) is 11.3 Å². The molecule has 0 aliphatic heterocycles. The number of nitrogens with two attached hydrogens (primary N) is 2. The quantitative estimate of drug-likeness (QED) is 0.175. The summed E-state index contributed by atoms with van der Waals surface area (Å²) in [5.41, 5.74) is 9.69. The Morgan fingerprint density at radius 1 is 1.29 bits per heavy atom. The van der Waals surface area contributed by atoms with Gasteiger partial charge >= 0.3 is 0 Å². The normalized spacial score (nSPS) is 10.5. The number of rotatable bonds is 10. The van der Waals surface area contributed by atoms with Crippen molar-refractivity contribution in [3.8, 4) is 0 Å². The summed E-state index contributed by atoms with van der Waals surface area (Å²) in [5.74, 6) is -4.23. The number of anilines is 1. The van der Waals surface area contributed by atoms with E-state index in [1.807, 2.05) is 0 Å². The van der Waals surface area contributed by atoms with E-state index in [4.69, 9.17) is 16.3 Å². The number of alkyl halides is 2. The molecule has 0 fully saturated rings. The molecule has 0 radical (unpaired) electrons. The zero-order valence-electron chi connectivity index (χ0n) is 16.7. The number of amides is 1. The smallest absolute Gasteiger partial charge is 0.293 e. The third kappa shape index (κ3) is 7.74. The van der Waals surface area contributed by atoms with Crippen molar-refractivity contribution in [1.29, 1.82) is 0 Å². The summed E-state index contributed by atoms with van der Waals surface area (Å²) in [6.07, 6.45) is 1.32. The summed E-state index contributed by atoms with van der Waals surface area (Å²) in [5, 5.41) is 8.19. The zero-order chi connectivity index (χ0) is 22.1. The lowest BCUT2D eigenvalue weighted by Crippen LogP contribution is -2.37. The summed E-state index contributed by atoms with van der Waals surface area (Å²) >= 11 is 0. The van der Waals surface area contributed by atoms with Crippen LogP contribution in [0, 0.1) is 6.92 Å². The molecule has 0 saturated carbocycles. The topological polar surface area (TPSA) is 150 Å². The standard InChI is InChI=1S/C18H23F2N7O3.ClH/c1-12-9-24-15(25-11-18(19,20)13-5-3-2-4-6-13)16(29)27(12)10-14(28)23-7-8-30-26-17(21)22;/h2-6,9H,7-8,10-11H2,1H3,(H,23,28)(H,24,25)(H4,21,22,26);1H. The minimum absolute atomic E-state index is 0. The largest absolute Gasteiger partial charge is 0.391 e. The number of halogens is 3. The molecular weight excluding hydrogens is 436 g/mol. The summed E-state index contributed by atoms with van der Waals surface area (Å²) in [6.45, 7) is 0.555. The highest BCUT2D eigenvalue weighted by Crippen LogP contribution is 2.27. The van der Waals surface area contributed by atoms with E-state index in [0.717, 1.165) is 4.57 Å². The van der Waals surface area contributed by atoms with Gasteiger partial charge in [0.15, 0.2) is 5.82 Å². The van der Waals surface area contributed by atoms with Crippen LogP contribution in [0.25, 0.3) is 0 Å². The summed E-state index contributed by atoms with van der Waals surface area (Å²) in [7, 11) is 0. The Labute approximate surface area is 183 Å². The van der Waals surface area contributed by atoms with Gasteiger partial charge in [-0.2, -0.15) is 8.78 Å². The number of hydrogen-bond donors (Lipinski definition) is 4. The van der Waals surface area contributed by atoms with Gasteiger partial charge in [0.05, 0.1) is 13.1 Å². The fourth-order valence-electron chi connectivity index (χ4n) is 2.42. The Morgan fingerprint density at radius 2 is 1.97 bits per heavy atom. The molecule has 13 heteroatoms. The molecular formula is C18H24ClF2N7O3. The monoisotopic (exact) mass is 459 g/mol. The van der Waals surface area contributed by atoms with E-state index in [2.05, 4.69) is 20.8 Å². The molecule has 0 unspecified atom stereocenters. The maximum absolute atomic E-state index is 14.3. The van der Waals surface area contributed by atoms with Crippen molar-refractivity contribution >= 4 is 30.1 Å². The van der Waals surface area contributed by atoms with Crippen LogP contribution in [0.5, 0.6) is 0 Å². The molecule has 1 aromatic heterocycles. The van der Waals surface area contributed by atoms with Crippen LogP contribution in [-0.2, 0) is 22.1 Å². The van der Waals surface area contributed by atoms with E-state index in [1.54, 1.807) is 13.0 Å². The molecule has 0 aliphatic carbocycles. The van der Waals surface area contributed by atoms with Gasteiger partial charge in [0.1, 0.15) is 13.2 Å². The van der Waals surface area contributed by atoms with Crippen molar-refractivity contribution in [1.82, 2.24) is 14.9 Å². The number of carbonyl (C=O) groups excluding carboxylic acids is 1. The summed E-state index contributed by atoms with van der Waals surface area (Å²) in [6, 6.07) is 7.22. The van der Waals surface area contributed by atoms with Gasteiger partial charge in [-0.1, -0.05) is 30.3 Å². The van der Waals surface area contributed by atoms with Crippen molar-refractivity contribution in [3.63, 3.8) is 0 Å². The van der Waals surface area contributed by atoms with Crippen LogP contribution in [0.2, 0.25) is 0 Å². The molecule has 0 bridgehead atoms. The highest BCUT2D eigenvalue weighted by molar-refractivity contribution is 5.85. The number of nitrogens with zero attached hydrogens (tertiary/aromatic N) is 3. The second kappa shape index (κ2) is 11.7. The number of hydrogen-bond acceptors (Lipinski definition) is 6. The maximum atomic E-state index is 14.3. The molecule has 0 spiro atoms. The third-order valence-electron chi connectivity index (χ3n) is 3.92. The number of aromatic nitrogens is 2. The number of carbonyl (C=O) groups is 1. The molecule has 0 atom stereocenters. The van der Waals surface area contributed by atoms with Gasteiger partial charge in [-0.25, -0.2) is 4.98 Å². The van der Waals surface area contributed by atoms with Gasteiger partial charge in [0, 0.05) is 17.5 Å². The van der Waals surface area contributed by atoms with E-state index in [0.29, 0.717) is 5.69 Å². The van der Waals surface area contributed by atoms with Gasteiger partial charge in [-0.05, 0) is 12.1 Å². The third-order valence-corrected chi connectivity index (χ3v) is 3.92. The molecule has 0 aliphatic rings. The van der Waals surface area contributed by atoms with Gasteiger partial charge in [-0.15, -0.1) is 12.4 Å². The number of guanidine groups is 1. The van der Waals surface area contributed by atoms with Crippen LogP contribution in [0.4, 0.5) is 14.6 Å². The lowest BCUT2D eigenvalue weighted by atomic mass is 10.1. The van der Waals surface area contributed by atoms with E-state index in [-0.39, 0.29) is 49.4 Å². The van der Waals surface area contributed by atoms with Crippen molar-refractivity contribution in [2.75, 3.05) is 25.0 Å². The molecule has 2 rings (SSSR count). The van der Waals surface area contributed by atoms with Gasteiger partial charge in [-0.3, -0.25) is 14.2 Å². The predicted molar refractivity (Wildman–Crippen MR) is 114 cm³/mol. The summed E-state index contributed by atoms with van der Waals surface area (Å²) < 4.78 is 29.8. The first-order valence-electron chi connectivity index (χ1n) is 8.92. The van der Waals surface area contributed by atoms with Crippen molar-refractivity contribution in [2.24, 2.45) is 16.6 Å². The first-order valence-corrected chi connectivity index (χ1v) is 8.92. The average Bonchev–Trinajstić information content (AvgIpc) is 2.70. The van der Waals surface area contributed by atoms with Gasteiger partial charge in [0.25, 0.3) is 11.5 Å². The number of nitrogens with one attached hydrogen (secondary N) is 2. The Hall–Kier alpha value is -3.41. The fourth-order valence-corrected chi connectivity index (χ4v) is 2.42. The molecule has 31 heavy (non-hydrogen) atoms. The predicted octanol–water partition coefficient (Wildman–Crippen LogP) is 0.499. The minimum Gasteiger partial charge on any atom is -0.391 e. The van der Waals surface area contributed by atoms with Crippen molar-refractivity contribution in [2.45, 2.75) is 19.4 Å². The fraction of sp³-hybridized carbons (Fsp3) is 0.333. The van der Waals surface area contributed by atoms with E-state index < -0.39 is 23.9 Å². The molecule has 6 N–H and O–H groups in total. The molecule has 2 aromatic rings. The highest BCUT2D eigenvalue weighted by atomic mass is 35.5. The number of aryl methyl sites for hydroxylation is 1. The summed E-state index contributed by atoms with van der Waals surface area (Å²) in [4.78, 5) is 33.2. The second-order valence-electron chi connectivity index (χ2n) is 6.26. The highest BCUT2D eigenvalue weighted by Gasteiger charge is 2.31. The molecule has 1 heterocycles. The van der Waals surface area contributed by atoms with E-state index >= 15 is 0 Å². The first kappa shape index (κ1) is 25.6. The zero-order valence-corrected chi connectivity index (χ0v) is 17.5. The lowest BCUT2D eigenvalue weighted by Gasteiger charge is -2.18. The molecule has 170 valence electrons. The number of benzene rings is 1. The molecule has 1 aromatic carbocycles.